The lowest BCUT2D eigenvalue weighted by molar-refractivity contribution is -0.118. The van der Waals surface area contributed by atoms with Gasteiger partial charge in [0.25, 0.3) is 5.91 Å². The van der Waals surface area contributed by atoms with Gasteiger partial charge in [-0.1, -0.05) is 26.0 Å². The van der Waals surface area contributed by atoms with Gasteiger partial charge in [0.1, 0.15) is 5.00 Å². The molecule has 5 rings (SSSR count). The highest BCUT2D eigenvalue weighted by molar-refractivity contribution is 7.17. The van der Waals surface area contributed by atoms with Gasteiger partial charge in [-0.2, -0.15) is 0 Å². The van der Waals surface area contributed by atoms with Gasteiger partial charge in [-0.15, -0.1) is 11.3 Å². The maximum atomic E-state index is 14.2. The fourth-order valence-electron chi connectivity index (χ4n) is 6.28. The van der Waals surface area contributed by atoms with Gasteiger partial charge in [0.15, 0.2) is 5.78 Å². The summed E-state index contributed by atoms with van der Waals surface area (Å²) in [5.41, 5.74) is 6.06. The Morgan fingerprint density at radius 2 is 1.82 bits per heavy atom. The van der Waals surface area contributed by atoms with Crippen molar-refractivity contribution in [2.45, 2.75) is 72.1 Å². The third kappa shape index (κ3) is 5.21. The van der Waals surface area contributed by atoms with E-state index in [0.717, 1.165) is 65.2 Å². The Balaban J connectivity index is 1.58. The number of thiophene rings is 1. The van der Waals surface area contributed by atoms with Gasteiger partial charge < -0.3 is 20.3 Å². The standard InChI is InChI=1S/C32H39N3O4S/c1-7-39-31(38)27-21-10-8-9-11-24(21)40-30(27)34-29(37)25-18(2)33-22-16-32(3,4)17-23(36)28(22)26(25)19-12-14-20(15-13-19)35(5)6/h12-15,26,33H,7-11,16-17H2,1-6H3,(H,34,37)/t26-/m1/s1. The second kappa shape index (κ2) is 10.9. The quantitative estimate of drug-likeness (QED) is 0.414. The normalized spacial score (nSPS) is 19.9. The fourth-order valence-corrected chi connectivity index (χ4v) is 7.55. The zero-order valence-electron chi connectivity index (χ0n) is 24.3. The summed E-state index contributed by atoms with van der Waals surface area (Å²) in [5.74, 6) is -1.14. The number of carbonyl (C=O) groups excluding carboxylic acids is 3. The number of nitrogens with one attached hydrogen (secondary N) is 2. The summed E-state index contributed by atoms with van der Waals surface area (Å²) in [4.78, 5) is 44.1. The van der Waals surface area contributed by atoms with E-state index in [-0.39, 0.29) is 23.7 Å². The Morgan fingerprint density at radius 1 is 1.12 bits per heavy atom. The van der Waals surface area contributed by atoms with Crippen LogP contribution in [0.25, 0.3) is 0 Å². The largest absolute Gasteiger partial charge is 0.462 e. The number of hydrogen-bond acceptors (Lipinski definition) is 7. The van der Waals surface area contributed by atoms with E-state index >= 15 is 0 Å². The molecule has 0 fully saturated rings. The van der Waals surface area contributed by atoms with E-state index in [1.54, 1.807) is 6.92 Å². The lowest BCUT2D eigenvalue weighted by Crippen LogP contribution is -2.39. The number of amides is 1. The van der Waals surface area contributed by atoms with E-state index in [1.807, 2.05) is 50.2 Å². The van der Waals surface area contributed by atoms with Crippen LogP contribution in [0.4, 0.5) is 10.7 Å². The maximum Gasteiger partial charge on any atom is 0.341 e. The van der Waals surface area contributed by atoms with Crippen LogP contribution in [0.5, 0.6) is 0 Å². The maximum absolute atomic E-state index is 14.2. The van der Waals surface area contributed by atoms with Gasteiger partial charge in [0.05, 0.1) is 12.2 Å². The summed E-state index contributed by atoms with van der Waals surface area (Å²) in [7, 11) is 3.97. The van der Waals surface area contributed by atoms with Crippen LogP contribution in [0.1, 0.15) is 85.7 Å². The number of dihydropyridines is 1. The molecular weight excluding hydrogens is 522 g/mol. The number of benzene rings is 1. The first-order valence-corrected chi connectivity index (χ1v) is 15.0. The summed E-state index contributed by atoms with van der Waals surface area (Å²) in [6.07, 6.45) is 4.94. The number of nitrogens with zero attached hydrogens (tertiary/aromatic N) is 1. The first-order chi connectivity index (χ1) is 19.0. The number of ether oxygens (including phenoxy) is 1. The molecule has 0 saturated heterocycles. The molecule has 1 aromatic heterocycles. The number of allylic oxidation sites excluding steroid dienone is 3. The smallest absolute Gasteiger partial charge is 0.341 e. The lowest BCUT2D eigenvalue weighted by atomic mass is 9.68. The molecule has 1 aromatic carbocycles. The average molecular weight is 562 g/mol. The van der Waals surface area contributed by atoms with Crippen molar-refractivity contribution in [3.63, 3.8) is 0 Å². The number of ketones is 1. The average Bonchev–Trinajstić information content (AvgIpc) is 3.25. The molecule has 0 unspecified atom stereocenters. The van der Waals surface area contributed by atoms with Crippen molar-refractivity contribution in [1.82, 2.24) is 5.32 Å². The van der Waals surface area contributed by atoms with E-state index in [4.69, 9.17) is 4.74 Å². The Hall–Kier alpha value is -3.39. The highest BCUT2D eigenvalue weighted by Gasteiger charge is 2.43. The summed E-state index contributed by atoms with van der Waals surface area (Å²) < 4.78 is 5.40. The Morgan fingerprint density at radius 3 is 2.50 bits per heavy atom. The van der Waals surface area contributed by atoms with Crippen molar-refractivity contribution in [3.05, 3.63) is 68.4 Å². The Bertz CT molecular complexity index is 1430. The van der Waals surface area contributed by atoms with Crippen LogP contribution in [0, 0.1) is 5.41 Å². The Kier molecular flexibility index (Phi) is 7.66. The SMILES string of the molecule is CCOC(=O)c1c(NC(=O)C2=C(C)NC3=C(C(=O)CC(C)(C)C3)[C@@H]2c2ccc(N(C)C)cc2)sc2c1CCCC2. The predicted octanol–water partition coefficient (Wildman–Crippen LogP) is 6.11. The predicted molar refractivity (Wildman–Crippen MR) is 160 cm³/mol. The van der Waals surface area contributed by atoms with Gasteiger partial charge in [0.2, 0.25) is 0 Å². The Labute approximate surface area is 240 Å². The van der Waals surface area contributed by atoms with E-state index < -0.39 is 11.9 Å². The van der Waals surface area contributed by atoms with Crippen LogP contribution < -0.4 is 15.5 Å². The van der Waals surface area contributed by atoms with Crippen molar-refractivity contribution in [2.24, 2.45) is 5.41 Å². The molecule has 2 aromatic rings. The molecule has 0 radical (unpaired) electrons. The van der Waals surface area contributed by atoms with Crippen molar-refractivity contribution < 1.29 is 19.1 Å². The van der Waals surface area contributed by atoms with Crippen molar-refractivity contribution >= 4 is 39.7 Å². The number of fused-ring (bicyclic) bond motifs is 1. The summed E-state index contributed by atoms with van der Waals surface area (Å²) in [6, 6.07) is 8.06. The van der Waals surface area contributed by atoms with Crippen molar-refractivity contribution in [3.8, 4) is 0 Å². The number of aryl methyl sites for hydroxylation is 1. The fraction of sp³-hybridized carbons (Fsp3) is 0.469. The van der Waals surface area contributed by atoms with E-state index in [0.29, 0.717) is 28.1 Å². The third-order valence-corrected chi connectivity index (χ3v) is 9.31. The van der Waals surface area contributed by atoms with Crippen LogP contribution in [-0.2, 0) is 27.2 Å². The second-order valence-corrected chi connectivity index (χ2v) is 13.1. The summed E-state index contributed by atoms with van der Waals surface area (Å²) >= 11 is 1.47. The summed E-state index contributed by atoms with van der Waals surface area (Å²) in [5, 5.41) is 7.08. The molecule has 2 aliphatic carbocycles. The molecule has 40 heavy (non-hydrogen) atoms. The topological polar surface area (TPSA) is 87.7 Å². The molecule has 1 atom stereocenters. The molecule has 7 nitrogen and oxygen atoms in total. The first kappa shape index (κ1) is 28.1. The molecule has 2 heterocycles. The number of carbonyl (C=O) groups is 3. The summed E-state index contributed by atoms with van der Waals surface area (Å²) in [6.45, 7) is 8.17. The van der Waals surface area contributed by atoms with Crippen LogP contribution in [0.15, 0.2) is 46.8 Å². The first-order valence-electron chi connectivity index (χ1n) is 14.1. The lowest BCUT2D eigenvalue weighted by Gasteiger charge is -2.39. The molecule has 3 aliphatic rings. The second-order valence-electron chi connectivity index (χ2n) is 12.0. The minimum atomic E-state index is -0.503. The number of Topliss-reactive ketones (excluding diaryl/α,β-unsaturated/α-hetero) is 1. The molecule has 1 amide bonds. The highest BCUT2D eigenvalue weighted by atomic mass is 32.1. The molecule has 0 spiro atoms. The monoisotopic (exact) mass is 561 g/mol. The minimum Gasteiger partial charge on any atom is -0.462 e. The van der Waals surface area contributed by atoms with Crippen LogP contribution in [0.3, 0.4) is 0 Å². The van der Waals surface area contributed by atoms with E-state index in [2.05, 4.69) is 24.5 Å². The zero-order chi connectivity index (χ0) is 28.8. The van der Waals surface area contributed by atoms with E-state index in [1.165, 1.54) is 11.3 Å². The molecule has 0 bridgehead atoms. The molecule has 2 N–H and O–H groups in total. The van der Waals surface area contributed by atoms with Gasteiger partial charge in [-0.3, -0.25) is 9.59 Å². The molecule has 1 aliphatic heterocycles. The van der Waals surface area contributed by atoms with E-state index in [9.17, 15) is 14.4 Å². The third-order valence-electron chi connectivity index (χ3n) is 8.11. The van der Waals surface area contributed by atoms with Crippen LogP contribution >= 0.6 is 11.3 Å². The zero-order valence-corrected chi connectivity index (χ0v) is 25.1. The highest BCUT2D eigenvalue weighted by Crippen LogP contribution is 2.47. The van der Waals surface area contributed by atoms with Gasteiger partial charge in [-0.25, -0.2) is 4.79 Å². The number of anilines is 2. The number of hydrogen-bond donors (Lipinski definition) is 2. The minimum absolute atomic E-state index is 0.0667. The molecule has 212 valence electrons. The van der Waals surface area contributed by atoms with Crippen molar-refractivity contribution in [1.29, 1.82) is 0 Å². The molecule has 0 saturated carbocycles. The number of esters is 1. The van der Waals surface area contributed by atoms with Gasteiger partial charge in [0, 0.05) is 59.5 Å². The van der Waals surface area contributed by atoms with Crippen LogP contribution in [0.2, 0.25) is 0 Å². The van der Waals surface area contributed by atoms with Crippen molar-refractivity contribution in [2.75, 3.05) is 30.9 Å². The number of rotatable bonds is 6. The molecule has 8 heteroatoms. The van der Waals surface area contributed by atoms with Gasteiger partial charge >= 0.3 is 5.97 Å². The molecular formula is C32H39N3O4S. The van der Waals surface area contributed by atoms with Crippen LogP contribution in [-0.4, -0.2) is 38.4 Å². The van der Waals surface area contributed by atoms with Gasteiger partial charge in [-0.05, 0) is 74.6 Å².